The van der Waals surface area contributed by atoms with Crippen LogP contribution in [0.4, 0.5) is 0 Å². The molecular weight excluding hydrogens is 507 g/mol. The summed E-state index contributed by atoms with van der Waals surface area (Å²) < 4.78 is 5.24. The van der Waals surface area contributed by atoms with Gasteiger partial charge in [-0.25, -0.2) is 0 Å². The molecule has 30 heavy (non-hydrogen) atoms. The summed E-state index contributed by atoms with van der Waals surface area (Å²) in [4.78, 5) is 8.35. The highest BCUT2D eigenvalue weighted by Crippen LogP contribution is 2.21. The van der Waals surface area contributed by atoms with E-state index in [4.69, 9.17) is 4.74 Å². The molecule has 3 rings (SSSR count). The summed E-state index contributed by atoms with van der Waals surface area (Å²) in [6.07, 6.45) is 2.46. The van der Waals surface area contributed by atoms with Crippen LogP contribution in [0.25, 0.3) is 0 Å². The summed E-state index contributed by atoms with van der Waals surface area (Å²) >= 11 is 1.82. The number of nitrogens with one attached hydrogen (secondary N) is 2. The second-order valence-corrected chi connectivity index (χ2v) is 8.80. The maximum absolute atomic E-state index is 5.24. The summed E-state index contributed by atoms with van der Waals surface area (Å²) in [6, 6.07) is 12.7. The molecule has 0 radical (unpaired) electrons. The van der Waals surface area contributed by atoms with Crippen LogP contribution in [0.3, 0.4) is 0 Å². The fraction of sp³-hybridized carbons (Fsp3) is 0.522. The first-order chi connectivity index (χ1) is 14.2. The molecule has 166 valence electrons. The van der Waals surface area contributed by atoms with Gasteiger partial charge in [0.1, 0.15) is 5.75 Å². The molecule has 2 heterocycles. The third-order valence-electron chi connectivity index (χ3n) is 5.66. The molecule has 1 fully saturated rings. The monoisotopic (exact) mass is 542 g/mol. The lowest BCUT2D eigenvalue weighted by Gasteiger charge is -2.32. The molecule has 0 spiro atoms. The minimum atomic E-state index is 0. The van der Waals surface area contributed by atoms with E-state index in [2.05, 4.69) is 57.1 Å². The van der Waals surface area contributed by atoms with Gasteiger partial charge in [-0.1, -0.05) is 25.1 Å². The Morgan fingerprint density at radius 3 is 2.53 bits per heavy atom. The van der Waals surface area contributed by atoms with E-state index in [0.29, 0.717) is 11.8 Å². The van der Waals surface area contributed by atoms with Gasteiger partial charge < -0.3 is 15.4 Å². The standard InChI is InChI=1S/C23H34N4OS.HI/c1-18(22-5-4-14-29-22)15-25-23(24-2)26-16-19-10-12-27(13-11-19)17-20-6-8-21(28-3)9-7-20;/h4-9,14,18-19H,10-13,15-17H2,1-3H3,(H2,24,25,26);1H. The van der Waals surface area contributed by atoms with E-state index < -0.39 is 0 Å². The number of methoxy groups -OCH3 is 1. The number of rotatable bonds is 8. The molecule has 1 aliphatic rings. The van der Waals surface area contributed by atoms with Crippen LogP contribution in [0.15, 0.2) is 46.8 Å². The fourth-order valence-electron chi connectivity index (χ4n) is 3.72. The number of hydrogen-bond acceptors (Lipinski definition) is 4. The van der Waals surface area contributed by atoms with E-state index >= 15 is 0 Å². The van der Waals surface area contributed by atoms with Gasteiger partial charge in [-0.3, -0.25) is 9.89 Å². The SMILES string of the molecule is CN=C(NCC1CCN(Cc2ccc(OC)cc2)CC1)NCC(C)c1cccs1.I. The fourth-order valence-corrected chi connectivity index (χ4v) is 4.51. The van der Waals surface area contributed by atoms with Gasteiger partial charge in [0.25, 0.3) is 0 Å². The lowest BCUT2D eigenvalue weighted by Crippen LogP contribution is -2.43. The van der Waals surface area contributed by atoms with Gasteiger partial charge in [-0.2, -0.15) is 0 Å². The average molecular weight is 543 g/mol. The number of piperidine rings is 1. The minimum Gasteiger partial charge on any atom is -0.497 e. The molecule has 1 aliphatic heterocycles. The molecule has 7 heteroatoms. The maximum Gasteiger partial charge on any atom is 0.191 e. The van der Waals surface area contributed by atoms with Gasteiger partial charge in [0, 0.05) is 37.5 Å². The number of likely N-dealkylation sites (tertiary alicyclic amines) is 1. The number of thiophene rings is 1. The number of ether oxygens (including phenoxy) is 1. The first kappa shape index (κ1) is 24.9. The summed E-state index contributed by atoms with van der Waals surface area (Å²) in [6.45, 7) is 7.47. The highest BCUT2D eigenvalue weighted by Gasteiger charge is 2.19. The highest BCUT2D eigenvalue weighted by atomic mass is 127. The Kier molecular flexibility index (Phi) is 11.0. The van der Waals surface area contributed by atoms with Crippen molar-refractivity contribution in [3.05, 3.63) is 52.2 Å². The molecule has 5 nitrogen and oxygen atoms in total. The summed E-state index contributed by atoms with van der Waals surface area (Å²) in [5, 5.41) is 9.14. The molecule has 0 aliphatic carbocycles. The number of benzene rings is 1. The van der Waals surface area contributed by atoms with Gasteiger partial charge in [0.05, 0.1) is 7.11 Å². The van der Waals surface area contributed by atoms with Gasteiger partial charge >= 0.3 is 0 Å². The normalized spacial score (nSPS) is 16.6. The molecule has 0 saturated carbocycles. The van der Waals surface area contributed by atoms with Gasteiger partial charge in [0.2, 0.25) is 0 Å². The molecule has 1 aromatic heterocycles. The largest absolute Gasteiger partial charge is 0.497 e. The number of halogens is 1. The first-order valence-electron chi connectivity index (χ1n) is 10.5. The van der Waals surface area contributed by atoms with E-state index in [1.807, 2.05) is 30.5 Å². The van der Waals surface area contributed by atoms with Crippen molar-refractivity contribution in [2.75, 3.05) is 40.3 Å². The summed E-state index contributed by atoms with van der Waals surface area (Å²) in [5.41, 5.74) is 1.35. The minimum absolute atomic E-state index is 0. The van der Waals surface area contributed by atoms with Crippen molar-refractivity contribution in [1.29, 1.82) is 0 Å². The molecule has 0 amide bonds. The molecule has 1 saturated heterocycles. The second-order valence-electron chi connectivity index (χ2n) is 7.82. The van der Waals surface area contributed by atoms with E-state index in [0.717, 1.165) is 44.4 Å². The van der Waals surface area contributed by atoms with Crippen molar-refractivity contribution in [3.63, 3.8) is 0 Å². The lowest BCUT2D eigenvalue weighted by molar-refractivity contribution is 0.178. The zero-order chi connectivity index (χ0) is 20.5. The van der Waals surface area contributed by atoms with Crippen molar-refractivity contribution in [1.82, 2.24) is 15.5 Å². The van der Waals surface area contributed by atoms with Crippen molar-refractivity contribution < 1.29 is 4.74 Å². The summed E-state index contributed by atoms with van der Waals surface area (Å²) in [5.74, 6) is 3.03. The Bertz CT molecular complexity index is 743. The molecule has 1 unspecified atom stereocenters. The van der Waals surface area contributed by atoms with E-state index in [1.165, 1.54) is 23.3 Å². The highest BCUT2D eigenvalue weighted by molar-refractivity contribution is 14.0. The Hall–Kier alpha value is -1.32. The van der Waals surface area contributed by atoms with Crippen LogP contribution in [0.1, 0.15) is 36.1 Å². The topological polar surface area (TPSA) is 48.9 Å². The average Bonchev–Trinajstić information content (AvgIpc) is 3.30. The van der Waals surface area contributed by atoms with Crippen molar-refractivity contribution >= 4 is 41.3 Å². The van der Waals surface area contributed by atoms with E-state index in [-0.39, 0.29) is 24.0 Å². The Balaban J connectivity index is 0.00000320. The number of guanidine groups is 1. The molecule has 2 N–H and O–H groups in total. The predicted molar refractivity (Wildman–Crippen MR) is 139 cm³/mol. The van der Waals surface area contributed by atoms with Crippen LogP contribution in [-0.2, 0) is 6.54 Å². The molecule has 1 atom stereocenters. The van der Waals surface area contributed by atoms with Crippen LogP contribution in [0, 0.1) is 5.92 Å². The third-order valence-corrected chi connectivity index (χ3v) is 6.76. The van der Waals surface area contributed by atoms with Gasteiger partial charge in [-0.15, -0.1) is 35.3 Å². The van der Waals surface area contributed by atoms with Crippen molar-refractivity contribution in [3.8, 4) is 5.75 Å². The molecular formula is C23H35IN4OS. The molecule has 2 aromatic rings. The predicted octanol–water partition coefficient (Wildman–Crippen LogP) is 4.56. The Labute approximate surface area is 202 Å². The zero-order valence-corrected chi connectivity index (χ0v) is 21.4. The van der Waals surface area contributed by atoms with E-state index in [9.17, 15) is 0 Å². The second kappa shape index (κ2) is 13.2. The number of aliphatic imine (C=N–C) groups is 1. The van der Waals surface area contributed by atoms with Crippen LogP contribution in [-0.4, -0.2) is 51.2 Å². The third kappa shape index (κ3) is 7.74. The smallest absolute Gasteiger partial charge is 0.191 e. The number of hydrogen-bond donors (Lipinski definition) is 2. The van der Waals surface area contributed by atoms with Gasteiger partial charge in [0.15, 0.2) is 5.96 Å². The quantitative estimate of drug-likeness (QED) is 0.292. The Morgan fingerprint density at radius 1 is 1.20 bits per heavy atom. The van der Waals surface area contributed by atoms with Crippen LogP contribution in [0.2, 0.25) is 0 Å². The molecule has 1 aromatic carbocycles. The van der Waals surface area contributed by atoms with Crippen molar-refractivity contribution in [2.45, 2.75) is 32.2 Å². The molecule has 0 bridgehead atoms. The Morgan fingerprint density at radius 2 is 1.93 bits per heavy atom. The van der Waals surface area contributed by atoms with Crippen LogP contribution in [0.5, 0.6) is 5.75 Å². The summed E-state index contributed by atoms with van der Waals surface area (Å²) in [7, 11) is 3.56. The maximum atomic E-state index is 5.24. The van der Waals surface area contributed by atoms with Crippen LogP contribution >= 0.6 is 35.3 Å². The van der Waals surface area contributed by atoms with E-state index in [1.54, 1.807) is 7.11 Å². The number of nitrogens with zero attached hydrogens (tertiary/aromatic N) is 2. The van der Waals surface area contributed by atoms with Crippen molar-refractivity contribution in [2.24, 2.45) is 10.9 Å². The zero-order valence-electron chi connectivity index (χ0n) is 18.3. The van der Waals surface area contributed by atoms with Gasteiger partial charge in [-0.05, 0) is 61.0 Å². The lowest BCUT2D eigenvalue weighted by atomic mass is 9.96. The van der Waals surface area contributed by atoms with Crippen LogP contribution < -0.4 is 15.4 Å². The first-order valence-corrected chi connectivity index (χ1v) is 11.4.